The lowest BCUT2D eigenvalue weighted by Crippen LogP contribution is -2.15. The molecule has 0 aliphatic rings. The molecule has 0 radical (unpaired) electrons. The molecule has 1 aromatic carbocycles. The first-order chi connectivity index (χ1) is 12.9. The van der Waals surface area contributed by atoms with Gasteiger partial charge in [0, 0.05) is 0 Å². The highest BCUT2D eigenvalue weighted by atomic mass is 32.2. The third-order valence-corrected chi connectivity index (χ3v) is 5.53. The topological polar surface area (TPSA) is 93.5 Å². The Morgan fingerprint density at radius 3 is 2.59 bits per heavy atom. The standard InChI is InChI=1S/C19H21N3O4S/c1-13-10-18(14(2)9-17(13)25-3)27(23,24)22-19-7-6-15(11-21-19)20-12-16-5-4-8-26-16/h4-11,20H,12H2,1-3H3,(H,21,22). The van der Waals surface area contributed by atoms with Crippen LogP contribution >= 0.6 is 0 Å². The van der Waals surface area contributed by atoms with E-state index in [0.29, 0.717) is 17.9 Å². The van der Waals surface area contributed by atoms with Crippen LogP contribution in [0.3, 0.4) is 0 Å². The molecular weight excluding hydrogens is 366 g/mol. The fourth-order valence-corrected chi connectivity index (χ4v) is 3.95. The number of ether oxygens (including phenoxy) is 1. The molecule has 0 fully saturated rings. The number of hydrogen-bond acceptors (Lipinski definition) is 6. The van der Waals surface area contributed by atoms with Gasteiger partial charge in [-0.2, -0.15) is 0 Å². The van der Waals surface area contributed by atoms with Crippen molar-refractivity contribution < 1.29 is 17.6 Å². The predicted octanol–water partition coefficient (Wildman–Crippen LogP) is 3.71. The number of aromatic nitrogens is 1. The summed E-state index contributed by atoms with van der Waals surface area (Å²) in [4.78, 5) is 4.36. The third-order valence-electron chi connectivity index (χ3n) is 4.03. The SMILES string of the molecule is COc1cc(C)c(S(=O)(=O)Nc2ccc(NCc3ccco3)cn2)cc1C. The van der Waals surface area contributed by atoms with Gasteiger partial charge < -0.3 is 14.5 Å². The summed E-state index contributed by atoms with van der Waals surface area (Å²) in [6.07, 6.45) is 3.17. The number of anilines is 2. The van der Waals surface area contributed by atoms with Crippen LogP contribution in [0, 0.1) is 13.8 Å². The molecule has 0 bridgehead atoms. The fraction of sp³-hybridized carbons (Fsp3) is 0.211. The molecule has 0 aliphatic heterocycles. The Kier molecular flexibility index (Phi) is 5.36. The van der Waals surface area contributed by atoms with Crippen LogP contribution in [0.25, 0.3) is 0 Å². The highest BCUT2D eigenvalue weighted by Gasteiger charge is 2.19. The van der Waals surface area contributed by atoms with E-state index in [4.69, 9.17) is 9.15 Å². The molecule has 2 N–H and O–H groups in total. The van der Waals surface area contributed by atoms with E-state index < -0.39 is 10.0 Å². The lowest BCUT2D eigenvalue weighted by Gasteiger charge is -2.13. The number of rotatable bonds is 7. The normalized spacial score (nSPS) is 11.2. The molecule has 0 aliphatic carbocycles. The number of hydrogen-bond donors (Lipinski definition) is 2. The van der Waals surface area contributed by atoms with Crippen LogP contribution in [0.1, 0.15) is 16.9 Å². The molecule has 7 nitrogen and oxygen atoms in total. The quantitative estimate of drug-likeness (QED) is 0.642. The van der Waals surface area contributed by atoms with E-state index in [1.807, 2.05) is 12.1 Å². The summed E-state index contributed by atoms with van der Waals surface area (Å²) in [6.45, 7) is 4.05. The second-order valence-corrected chi connectivity index (χ2v) is 7.71. The third kappa shape index (κ3) is 4.40. The van der Waals surface area contributed by atoms with Crippen LogP contribution in [-0.4, -0.2) is 20.5 Å². The number of nitrogens with one attached hydrogen (secondary N) is 2. The molecule has 0 saturated carbocycles. The summed E-state index contributed by atoms with van der Waals surface area (Å²) >= 11 is 0. The van der Waals surface area contributed by atoms with Crippen LogP contribution in [0.4, 0.5) is 11.5 Å². The summed E-state index contributed by atoms with van der Waals surface area (Å²) in [6, 6.07) is 10.3. The molecule has 0 unspecified atom stereocenters. The largest absolute Gasteiger partial charge is 0.496 e. The van der Waals surface area contributed by atoms with Gasteiger partial charge in [0.2, 0.25) is 0 Å². The van der Waals surface area contributed by atoms with Crippen molar-refractivity contribution in [2.75, 3.05) is 17.1 Å². The van der Waals surface area contributed by atoms with Crippen molar-refractivity contribution in [1.82, 2.24) is 4.98 Å². The van der Waals surface area contributed by atoms with Gasteiger partial charge in [-0.25, -0.2) is 13.4 Å². The van der Waals surface area contributed by atoms with Gasteiger partial charge in [-0.15, -0.1) is 0 Å². The Morgan fingerprint density at radius 1 is 1.15 bits per heavy atom. The maximum Gasteiger partial charge on any atom is 0.263 e. The Morgan fingerprint density at radius 2 is 1.96 bits per heavy atom. The zero-order valence-corrected chi connectivity index (χ0v) is 16.1. The van der Waals surface area contributed by atoms with Crippen molar-refractivity contribution in [1.29, 1.82) is 0 Å². The maximum absolute atomic E-state index is 12.7. The maximum atomic E-state index is 12.7. The van der Waals surface area contributed by atoms with Crippen molar-refractivity contribution in [3.63, 3.8) is 0 Å². The summed E-state index contributed by atoms with van der Waals surface area (Å²) in [7, 11) is -2.20. The number of furan rings is 1. The summed E-state index contributed by atoms with van der Waals surface area (Å²) < 4.78 is 38.4. The minimum absolute atomic E-state index is 0.197. The fourth-order valence-electron chi connectivity index (χ4n) is 2.63. The molecule has 0 amide bonds. The number of benzene rings is 1. The first-order valence-corrected chi connectivity index (χ1v) is 9.78. The molecule has 8 heteroatoms. The first kappa shape index (κ1) is 18.8. The van der Waals surface area contributed by atoms with E-state index in [1.165, 1.54) is 0 Å². The minimum Gasteiger partial charge on any atom is -0.496 e. The summed E-state index contributed by atoms with van der Waals surface area (Å²) in [5, 5.41) is 3.15. The van der Waals surface area contributed by atoms with Crippen molar-refractivity contribution in [2.45, 2.75) is 25.3 Å². The monoisotopic (exact) mass is 387 g/mol. The zero-order valence-electron chi connectivity index (χ0n) is 15.3. The molecule has 142 valence electrons. The Bertz CT molecular complexity index is 1010. The van der Waals surface area contributed by atoms with Gasteiger partial charge in [-0.1, -0.05) is 0 Å². The Labute approximate surface area is 158 Å². The molecule has 2 heterocycles. The first-order valence-electron chi connectivity index (χ1n) is 8.29. The van der Waals surface area contributed by atoms with Crippen LogP contribution in [0.15, 0.2) is 58.2 Å². The lowest BCUT2D eigenvalue weighted by molar-refractivity contribution is 0.411. The van der Waals surface area contributed by atoms with Crippen LogP contribution < -0.4 is 14.8 Å². The van der Waals surface area contributed by atoms with Crippen LogP contribution in [-0.2, 0) is 16.6 Å². The average Bonchev–Trinajstić information content (AvgIpc) is 3.16. The van der Waals surface area contributed by atoms with E-state index in [-0.39, 0.29) is 10.7 Å². The van der Waals surface area contributed by atoms with Crippen molar-refractivity contribution >= 4 is 21.5 Å². The van der Waals surface area contributed by atoms with Crippen molar-refractivity contribution in [3.8, 4) is 5.75 Å². The summed E-state index contributed by atoms with van der Waals surface area (Å²) in [5.74, 6) is 1.69. The van der Waals surface area contributed by atoms with E-state index >= 15 is 0 Å². The smallest absolute Gasteiger partial charge is 0.263 e. The van der Waals surface area contributed by atoms with Crippen LogP contribution in [0.5, 0.6) is 5.75 Å². The molecule has 0 spiro atoms. The molecule has 3 aromatic rings. The molecule has 0 atom stereocenters. The van der Waals surface area contributed by atoms with Gasteiger partial charge in [0.15, 0.2) is 0 Å². The number of pyridine rings is 1. The molecule has 3 rings (SSSR count). The minimum atomic E-state index is -3.76. The van der Waals surface area contributed by atoms with Gasteiger partial charge in [0.05, 0.1) is 36.7 Å². The highest BCUT2D eigenvalue weighted by Crippen LogP contribution is 2.27. The van der Waals surface area contributed by atoms with E-state index in [2.05, 4.69) is 15.0 Å². The number of sulfonamides is 1. The number of nitrogens with zero attached hydrogens (tertiary/aromatic N) is 1. The molecule has 2 aromatic heterocycles. The van der Waals surface area contributed by atoms with E-state index in [9.17, 15) is 8.42 Å². The lowest BCUT2D eigenvalue weighted by atomic mass is 10.1. The zero-order chi connectivity index (χ0) is 19.4. The Hall–Kier alpha value is -3.00. The van der Waals surface area contributed by atoms with Gasteiger partial charge >= 0.3 is 0 Å². The van der Waals surface area contributed by atoms with Crippen molar-refractivity contribution in [3.05, 3.63) is 65.7 Å². The second kappa shape index (κ2) is 7.71. The highest BCUT2D eigenvalue weighted by molar-refractivity contribution is 7.92. The van der Waals surface area contributed by atoms with Crippen molar-refractivity contribution in [2.24, 2.45) is 0 Å². The van der Waals surface area contributed by atoms with Gasteiger partial charge in [-0.3, -0.25) is 4.72 Å². The van der Waals surface area contributed by atoms with Crippen LogP contribution in [0.2, 0.25) is 0 Å². The molecular formula is C19H21N3O4S. The number of aryl methyl sites for hydroxylation is 2. The van der Waals surface area contributed by atoms with Gasteiger partial charge in [-0.05, 0) is 61.4 Å². The molecule has 27 heavy (non-hydrogen) atoms. The second-order valence-electron chi connectivity index (χ2n) is 6.06. The summed E-state index contributed by atoms with van der Waals surface area (Å²) in [5.41, 5.74) is 2.10. The number of methoxy groups -OCH3 is 1. The average molecular weight is 387 g/mol. The van der Waals surface area contributed by atoms with E-state index in [0.717, 1.165) is 17.0 Å². The predicted molar refractivity (Wildman–Crippen MR) is 104 cm³/mol. The van der Waals surface area contributed by atoms with E-state index in [1.54, 1.807) is 57.7 Å². The van der Waals surface area contributed by atoms with Gasteiger partial charge in [0.1, 0.15) is 17.3 Å². The molecule has 0 saturated heterocycles. The van der Waals surface area contributed by atoms with Gasteiger partial charge in [0.25, 0.3) is 10.0 Å². The Balaban J connectivity index is 1.73.